The quantitative estimate of drug-likeness (QED) is 0.0628. The van der Waals surface area contributed by atoms with E-state index in [1.54, 1.807) is 12.1 Å². The minimum atomic E-state index is -5.08. The van der Waals surface area contributed by atoms with Crippen molar-refractivity contribution in [1.82, 2.24) is 21.3 Å². The first-order valence-electron chi connectivity index (χ1n) is 16.8. The number of carbonyl (C=O) groups is 5. The van der Waals surface area contributed by atoms with Crippen LogP contribution >= 0.6 is 0 Å². The molecule has 0 spiro atoms. The van der Waals surface area contributed by atoms with E-state index >= 15 is 0 Å². The van der Waals surface area contributed by atoms with Crippen LogP contribution in [-0.2, 0) is 30.5 Å². The van der Waals surface area contributed by atoms with Crippen LogP contribution in [0, 0.1) is 5.92 Å². The van der Waals surface area contributed by atoms with Crippen LogP contribution in [0.4, 0.5) is 18.0 Å². The highest BCUT2D eigenvalue weighted by Crippen LogP contribution is 2.15. The van der Waals surface area contributed by atoms with E-state index < -0.39 is 54.3 Å². The lowest BCUT2D eigenvalue weighted by atomic mass is 9.96. The highest BCUT2D eigenvalue weighted by atomic mass is 19.4. The number of aliphatic imine (C=N–C) groups is 1. The second-order valence-electron chi connectivity index (χ2n) is 12.5. The maximum absolute atomic E-state index is 13.2. The summed E-state index contributed by atoms with van der Waals surface area (Å²) in [6, 6.07) is 15.4. The number of carboxylic acids is 1. The van der Waals surface area contributed by atoms with Gasteiger partial charge in [-0.2, -0.15) is 13.2 Å². The van der Waals surface area contributed by atoms with Gasteiger partial charge in [-0.1, -0.05) is 74.5 Å². The molecule has 2 aromatic carbocycles. The van der Waals surface area contributed by atoms with Gasteiger partial charge >= 0.3 is 18.2 Å². The topological polar surface area (TPSA) is 248 Å². The van der Waals surface area contributed by atoms with E-state index in [1.807, 2.05) is 69.3 Å². The van der Waals surface area contributed by atoms with Crippen molar-refractivity contribution in [3.8, 4) is 0 Å². The Hall–Kier alpha value is -5.39. The number of halogens is 3. The number of aliphatic carboxylic acids is 1. The van der Waals surface area contributed by atoms with E-state index in [-0.39, 0.29) is 49.8 Å². The van der Waals surface area contributed by atoms with E-state index in [0.29, 0.717) is 12.8 Å². The van der Waals surface area contributed by atoms with Gasteiger partial charge in [0.05, 0.1) is 24.6 Å². The Kier molecular flexibility index (Phi) is 20.0. The average Bonchev–Trinajstić information content (AvgIpc) is 3.08. The van der Waals surface area contributed by atoms with Crippen molar-refractivity contribution in [2.24, 2.45) is 22.4 Å². The van der Waals surface area contributed by atoms with Crippen LogP contribution in [0.3, 0.4) is 0 Å². The standard InChI is InChI=1S/C33H49N7O6.C2HF3O2/c1-21(2)18-27(28(41)19-29(42)37-22(3)25-14-9-6-10-15-25)39-30(43)23(4)38-31(44)26(16-11-17-36-32(34)35)40-33(45)46-20-24-12-7-5-8-13-24;3-2(4,5)1(6)7/h5-10,12-15,21-23,26-28,41H,11,16-20H2,1-4H3,(H,37,42)(H,38,44)(H,39,43)(H,40,45)(H4,34,35,36);(H,6,7)/t22?,23-,26-,27-,28-;/m0./s1. The van der Waals surface area contributed by atoms with Crippen LogP contribution in [-0.4, -0.2) is 82.9 Å². The van der Waals surface area contributed by atoms with Crippen LogP contribution in [0.25, 0.3) is 0 Å². The zero-order valence-corrected chi connectivity index (χ0v) is 30.1. The van der Waals surface area contributed by atoms with E-state index in [0.717, 1.165) is 11.1 Å². The molecule has 15 nitrogen and oxygen atoms in total. The number of ether oxygens (including phenoxy) is 1. The number of hydrogen-bond acceptors (Lipinski definition) is 8. The third kappa shape index (κ3) is 19.7. The van der Waals surface area contributed by atoms with Crippen LogP contribution in [0.15, 0.2) is 65.7 Å². The third-order valence-corrected chi connectivity index (χ3v) is 7.35. The Balaban J connectivity index is 0.00000181. The van der Waals surface area contributed by atoms with Gasteiger partial charge in [0.15, 0.2) is 5.96 Å². The maximum atomic E-state index is 13.2. The lowest BCUT2D eigenvalue weighted by Gasteiger charge is -2.28. The molecule has 0 saturated carbocycles. The zero-order valence-electron chi connectivity index (χ0n) is 30.1. The average molecular weight is 754 g/mol. The Morgan fingerprint density at radius 1 is 0.849 bits per heavy atom. The van der Waals surface area contributed by atoms with Crippen LogP contribution in [0.2, 0.25) is 0 Å². The monoisotopic (exact) mass is 753 g/mol. The number of carbonyl (C=O) groups excluding carboxylic acids is 4. The van der Waals surface area contributed by atoms with Crippen LogP contribution < -0.4 is 32.7 Å². The fourth-order valence-corrected chi connectivity index (χ4v) is 4.64. The fourth-order valence-electron chi connectivity index (χ4n) is 4.64. The lowest BCUT2D eigenvalue weighted by molar-refractivity contribution is -0.192. The number of carboxylic acid groups (broad SMARTS) is 1. The number of amides is 4. The first-order chi connectivity index (χ1) is 24.8. The summed E-state index contributed by atoms with van der Waals surface area (Å²) in [5.74, 6) is -4.28. The minimum absolute atomic E-state index is 0.0105. The minimum Gasteiger partial charge on any atom is -0.475 e. The lowest BCUT2D eigenvalue weighted by Crippen LogP contribution is -2.55. The van der Waals surface area contributed by atoms with Crippen LogP contribution in [0.5, 0.6) is 0 Å². The summed E-state index contributed by atoms with van der Waals surface area (Å²) in [6.45, 7) is 7.45. The molecule has 294 valence electrons. The number of alkyl carbamates (subject to hydrolysis) is 1. The highest BCUT2D eigenvalue weighted by molar-refractivity contribution is 5.91. The number of aliphatic hydroxyl groups is 1. The molecule has 0 heterocycles. The van der Waals surface area contributed by atoms with Crippen LogP contribution in [0.1, 0.15) is 70.5 Å². The summed E-state index contributed by atoms with van der Waals surface area (Å²) in [5, 5.41) is 28.9. The summed E-state index contributed by atoms with van der Waals surface area (Å²) >= 11 is 0. The Bertz CT molecular complexity index is 1480. The van der Waals surface area contributed by atoms with Crippen molar-refractivity contribution in [2.45, 2.75) is 96.4 Å². The number of nitrogens with zero attached hydrogens (tertiary/aromatic N) is 1. The number of nitrogens with one attached hydrogen (secondary N) is 4. The second-order valence-corrected chi connectivity index (χ2v) is 12.5. The summed E-state index contributed by atoms with van der Waals surface area (Å²) in [7, 11) is 0. The van der Waals surface area contributed by atoms with Gasteiger partial charge in [-0.15, -0.1) is 0 Å². The molecule has 0 bridgehead atoms. The highest BCUT2D eigenvalue weighted by Gasteiger charge is 2.38. The maximum Gasteiger partial charge on any atom is 0.490 e. The van der Waals surface area contributed by atoms with E-state index in [4.69, 9.17) is 26.1 Å². The first kappa shape index (κ1) is 45.6. The van der Waals surface area contributed by atoms with Gasteiger partial charge in [-0.25, -0.2) is 9.59 Å². The van der Waals surface area contributed by atoms with Gasteiger partial charge < -0.3 is 47.7 Å². The molecule has 18 heteroatoms. The van der Waals surface area contributed by atoms with Gasteiger partial charge in [0, 0.05) is 6.54 Å². The molecule has 0 aliphatic rings. The molecule has 2 aromatic rings. The predicted molar refractivity (Wildman–Crippen MR) is 190 cm³/mol. The molecule has 0 aliphatic heterocycles. The Labute approximate surface area is 306 Å². The smallest absolute Gasteiger partial charge is 0.475 e. The van der Waals surface area contributed by atoms with Gasteiger partial charge in [0.1, 0.15) is 18.7 Å². The molecule has 0 saturated heterocycles. The van der Waals surface area contributed by atoms with Crippen molar-refractivity contribution in [1.29, 1.82) is 0 Å². The van der Waals surface area contributed by atoms with Crippen molar-refractivity contribution in [3.05, 3.63) is 71.8 Å². The number of hydrogen-bond donors (Lipinski definition) is 8. The SMILES string of the molecule is CC(C)C[C@H](NC(=O)[C@H](C)NC(=O)[C@H](CCCN=C(N)N)NC(=O)OCc1ccccc1)[C@@H](O)CC(=O)NC(C)c1ccccc1.O=C(O)C(F)(F)F. The van der Waals surface area contributed by atoms with E-state index in [9.17, 15) is 37.5 Å². The first-order valence-corrected chi connectivity index (χ1v) is 16.8. The number of guanidine groups is 1. The third-order valence-electron chi connectivity index (χ3n) is 7.35. The molecule has 0 aliphatic carbocycles. The molecule has 2 rings (SSSR count). The molecular formula is C35H50F3N7O8. The number of alkyl halides is 3. The fraction of sp³-hybridized carbons (Fsp3) is 0.486. The molecule has 0 fully saturated rings. The van der Waals surface area contributed by atoms with E-state index in [1.165, 1.54) is 6.92 Å². The largest absolute Gasteiger partial charge is 0.490 e. The molecular weight excluding hydrogens is 703 g/mol. The summed E-state index contributed by atoms with van der Waals surface area (Å²) in [5.41, 5.74) is 12.5. The summed E-state index contributed by atoms with van der Waals surface area (Å²) < 4.78 is 37.0. The second kappa shape index (κ2) is 23.2. The van der Waals surface area contributed by atoms with Gasteiger partial charge in [0.25, 0.3) is 0 Å². The molecule has 10 N–H and O–H groups in total. The molecule has 0 aromatic heterocycles. The molecule has 0 radical (unpaired) electrons. The number of benzene rings is 2. The Morgan fingerprint density at radius 2 is 1.42 bits per heavy atom. The number of aliphatic hydroxyl groups excluding tert-OH is 1. The Morgan fingerprint density at radius 3 is 1.94 bits per heavy atom. The molecule has 4 amide bonds. The van der Waals surface area contributed by atoms with Gasteiger partial charge in [-0.05, 0) is 50.2 Å². The van der Waals surface area contributed by atoms with Crippen molar-refractivity contribution in [3.63, 3.8) is 0 Å². The van der Waals surface area contributed by atoms with Crippen molar-refractivity contribution in [2.75, 3.05) is 6.54 Å². The van der Waals surface area contributed by atoms with Crippen molar-refractivity contribution < 1.29 is 52.1 Å². The zero-order chi connectivity index (χ0) is 40.1. The number of rotatable bonds is 18. The van der Waals surface area contributed by atoms with Gasteiger partial charge in [-0.3, -0.25) is 19.4 Å². The van der Waals surface area contributed by atoms with Gasteiger partial charge in [0.2, 0.25) is 17.7 Å². The normalized spacial score (nSPS) is 13.8. The molecule has 53 heavy (non-hydrogen) atoms. The summed E-state index contributed by atoms with van der Waals surface area (Å²) in [6.07, 6.45) is -6.34. The van der Waals surface area contributed by atoms with Crippen molar-refractivity contribution >= 4 is 35.7 Å². The van der Waals surface area contributed by atoms with E-state index in [2.05, 4.69) is 26.3 Å². The predicted octanol–water partition coefficient (Wildman–Crippen LogP) is 2.63. The molecule has 1 unspecified atom stereocenters. The number of nitrogens with two attached hydrogens (primary N) is 2. The molecule has 5 atom stereocenters. The summed E-state index contributed by atoms with van der Waals surface area (Å²) in [4.78, 5) is 64.4.